The minimum Gasteiger partial charge on any atom is -0.477 e. The Kier molecular flexibility index (Phi) is 6.15. The second kappa shape index (κ2) is 9.27. The lowest BCUT2D eigenvalue weighted by Gasteiger charge is -2.16. The van der Waals surface area contributed by atoms with E-state index in [0.717, 1.165) is 32.7 Å². The van der Waals surface area contributed by atoms with E-state index in [2.05, 4.69) is 4.98 Å². The molecule has 1 N–H and O–H groups in total. The fourth-order valence-corrected chi connectivity index (χ4v) is 6.89. The van der Waals surface area contributed by atoms with Gasteiger partial charge < -0.3 is 14.0 Å². The van der Waals surface area contributed by atoms with Crippen molar-refractivity contribution in [3.05, 3.63) is 95.0 Å². The summed E-state index contributed by atoms with van der Waals surface area (Å²) in [4.78, 5) is 17.3. The number of thiophene rings is 1. The summed E-state index contributed by atoms with van der Waals surface area (Å²) in [6.45, 7) is 1.95. The first-order chi connectivity index (χ1) is 16.9. The van der Waals surface area contributed by atoms with Crippen LogP contribution in [0.4, 0.5) is 0 Å². The third-order valence-corrected chi connectivity index (χ3v) is 9.49. The van der Waals surface area contributed by atoms with Crippen LogP contribution in [0, 0.1) is 6.92 Å². The molecule has 0 bridgehead atoms. The average molecular weight is 504 g/mol. The summed E-state index contributed by atoms with van der Waals surface area (Å²) >= 11 is 1.17. The molecule has 35 heavy (non-hydrogen) atoms. The van der Waals surface area contributed by atoms with Gasteiger partial charge in [-0.15, -0.1) is 11.3 Å². The predicted molar refractivity (Wildman–Crippen MR) is 139 cm³/mol. The van der Waals surface area contributed by atoms with Crippen LogP contribution in [0.5, 0.6) is 0 Å². The number of carbonyl (C=O) groups is 1. The Balaban J connectivity index is 1.46. The number of fused-ring (bicyclic) bond motifs is 1. The largest absolute Gasteiger partial charge is 0.477 e. The Hall–Kier alpha value is -3.51. The third kappa shape index (κ3) is 4.58. The molecule has 2 aromatic carbocycles. The van der Waals surface area contributed by atoms with Gasteiger partial charge in [-0.05, 0) is 48.4 Å². The zero-order valence-corrected chi connectivity index (χ0v) is 20.8. The molecule has 8 heteroatoms. The van der Waals surface area contributed by atoms with Crippen molar-refractivity contribution in [3.8, 4) is 21.8 Å². The van der Waals surface area contributed by atoms with Gasteiger partial charge in [-0.3, -0.25) is 9.55 Å². The first-order valence-corrected chi connectivity index (χ1v) is 13.5. The van der Waals surface area contributed by atoms with Crippen molar-refractivity contribution in [2.75, 3.05) is 7.11 Å². The van der Waals surface area contributed by atoms with E-state index in [0.29, 0.717) is 16.6 Å². The smallest absolute Gasteiger partial charge is 0.346 e. The van der Waals surface area contributed by atoms with Crippen LogP contribution in [0.15, 0.2) is 83.4 Å². The summed E-state index contributed by atoms with van der Waals surface area (Å²) in [5, 5.41) is 10.4. The van der Waals surface area contributed by atoms with Gasteiger partial charge in [-0.2, -0.15) is 0 Å². The molecule has 0 spiro atoms. The van der Waals surface area contributed by atoms with E-state index >= 15 is 0 Å². The first kappa shape index (κ1) is 23.2. The van der Waals surface area contributed by atoms with Crippen molar-refractivity contribution >= 4 is 41.1 Å². The quantitative estimate of drug-likeness (QED) is 0.241. The van der Waals surface area contributed by atoms with Gasteiger partial charge in [0.05, 0.1) is 6.16 Å². The average Bonchev–Trinajstić information content (AvgIpc) is 3.49. The number of hydrogen-bond donors (Lipinski definition) is 1. The Bertz CT molecular complexity index is 1530. The number of carboxylic acids is 1. The minimum atomic E-state index is -3.28. The Morgan fingerprint density at radius 1 is 1.06 bits per heavy atom. The van der Waals surface area contributed by atoms with Crippen molar-refractivity contribution in [3.63, 3.8) is 0 Å². The molecule has 0 aliphatic carbocycles. The van der Waals surface area contributed by atoms with E-state index in [-0.39, 0.29) is 11.0 Å². The summed E-state index contributed by atoms with van der Waals surface area (Å²) in [7, 11) is -1.87. The highest BCUT2D eigenvalue weighted by molar-refractivity contribution is 7.66. The fraction of sp³-hybridized carbons (Fsp3) is 0.111. The molecule has 0 amide bonds. The summed E-state index contributed by atoms with van der Waals surface area (Å²) < 4.78 is 25.0. The number of rotatable bonds is 7. The van der Waals surface area contributed by atoms with E-state index in [1.165, 1.54) is 18.4 Å². The fourth-order valence-electron chi connectivity index (χ4n) is 3.94. The van der Waals surface area contributed by atoms with E-state index in [1.807, 2.05) is 61.5 Å². The van der Waals surface area contributed by atoms with Crippen LogP contribution >= 0.6 is 18.7 Å². The monoisotopic (exact) mass is 503 g/mol. The van der Waals surface area contributed by atoms with Crippen LogP contribution in [0.3, 0.4) is 0 Å². The molecule has 0 saturated carbocycles. The lowest BCUT2D eigenvalue weighted by Crippen LogP contribution is -2.09. The molecule has 1 unspecified atom stereocenters. The molecule has 3 aromatic heterocycles. The highest BCUT2D eigenvalue weighted by Gasteiger charge is 2.29. The molecule has 6 nitrogen and oxygen atoms in total. The zero-order valence-electron chi connectivity index (χ0n) is 19.1. The van der Waals surface area contributed by atoms with Crippen LogP contribution in [0.2, 0.25) is 0 Å². The molecule has 0 aliphatic heterocycles. The molecule has 5 rings (SSSR count). The second-order valence-electron chi connectivity index (χ2n) is 8.19. The zero-order chi connectivity index (χ0) is 24.6. The highest BCUT2D eigenvalue weighted by atomic mass is 32.1. The molecule has 1 atom stereocenters. The van der Waals surface area contributed by atoms with Gasteiger partial charge in [-0.25, -0.2) is 4.79 Å². The third-order valence-electron chi connectivity index (χ3n) is 5.85. The van der Waals surface area contributed by atoms with Gasteiger partial charge in [0.2, 0.25) is 7.37 Å². The number of hydrogen-bond acceptors (Lipinski definition) is 6. The predicted octanol–water partition coefficient (Wildman–Crippen LogP) is 6.98. The van der Waals surface area contributed by atoms with Gasteiger partial charge in [0.15, 0.2) is 5.58 Å². The van der Waals surface area contributed by atoms with Gasteiger partial charge >= 0.3 is 5.97 Å². The second-order valence-corrected chi connectivity index (χ2v) is 11.8. The lowest BCUT2D eigenvalue weighted by molar-refractivity contribution is 0.0701. The number of benzene rings is 2. The normalized spacial score (nSPS) is 13.1. The lowest BCUT2D eigenvalue weighted by atomic mass is 10.1. The molecule has 0 aliphatic rings. The van der Waals surface area contributed by atoms with Gasteiger partial charge in [0.25, 0.3) is 0 Å². The van der Waals surface area contributed by atoms with E-state index in [4.69, 9.17) is 8.94 Å². The van der Waals surface area contributed by atoms with Crippen LogP contribution in [0.25, 0.3) is 32.9 Å². The van der Waals surface area contributed by atoms with E-state index < -0.39 is 13.3 Å². The molecule has 176 valence electrons. The van der Waals surface area contributed by atoms with Crippen molar-refractivity contribution in [1.82, 2.24) is 4.98 Å². The van der Waals surface area contributed by atoms with Gasteiger partial charge in [0, 0.05) is 35.1 Å². The van der Waals surface area contributed by atoms with Crippen LogP contribution < -0.4 is 5.30 Å². The highest BCUT2D eigenvalue weighted by Crippen LogP contribution is 2.50. The molecule has 0 fully saturated rings. The van der Waals surface area contributed by atoms with E-state index in [1.54, 1.807) is 24.4 Å². The first-order valence-electron chi connectivity index (χ1n) is 10.9. The maximum atomic E-state index is 13.6. The standard InChI is InChI=1S/C27H22NO5PS/c1-17-5-11-21(12-6-17)34(31,32-2)16-20-14-25(35-26(20)27(29)30)19-9-7-18(8-10-19)24-15-22-23(33-24)4-3-13-28-22/h3-15H,16H2,1-2H3,(H,29,30). The molecule has 5 aromatic rings. The molecular weight excluding hydrogens is 481 g/mol. The number of aromatic nitrogens is 1. The maximum Gasteiger partial charge on any atom is 0.346 e. The molecular formula is C27H22NO5PS. The Morgan fingerprint density at radius 2 is 1.77 bits per heavy atom. The number of furan rings is 1. The molecule has 0 radical (unpaired) electrons. The van der Waals surface area contributed by atoms with Crippen LogP contribution in [0.1, 0.15) is 20.8 Å². The summed E-state index contributed by atoms with van der Waals surface area (Å²) in [6, 6.07) is 22.4. The number of carboxylic acid groups (broad SMARTS) is 1. The Labute approximate surface area is 206 Å². The topological polar surface area (TPSA) is 89.6 Å². The van der Waals surface area contributed by atoms with Crippen molar-refractivity contribution in [2.24, 2.45) is 0 Å². The number of aryl methyl sites for hydroxylation is 1. The minimum absolute atomic E-state index is 0.00869. The number of nitrogens with zero attached hydrogens (tertiary/aromatic N) is 1. The summed E-state index contributed by atoms with van der Waals surface area (Å²) in [6.07, 6.45) is 1.73. The van der Waals surface area contributed by atoms with Crippen molar-refractivity contribution < 1.29 is 23.4 Å². The van der Waals surface area contributed by atoms with Crippen molar-refractivity contribution in [1.29, 1.82) is 0 Å². The Morgan fingerprint density at radius 3 is 2.43 bits per heavy atom. The van der Waals surface area contributed by atoms with Crippen molar-refractivity contribution in [2.45, 2.75) is 13.1 Å². The number of pyridine rings is 1. The maximum absolute atomic E-state index is 13.6. The number of aromatic carboxylic acids is 1. The SMILES string of the molecule is COP(=O)(Cc1cc(-c2ccc(-c3cc4ncccc4o3)cc2)sc1C(=O)O)c1ccc(C)cc1. The summed E-state index contributed by atoms with van der Waals surface area (Å²) in [5.41, 5.74) is 4.81. The molecule has 0 saturated heterocycles. The van der Waals surface area contributed by atoms with Gasteiger partial charge in [0.1, 0.15) is 16.2 Å². The van der Waals surface area contributed by atoms with Crippen LogP contribution in [-0.4, -0.2) is 23.2 Å². The van der Waals surface area contributed by atoms with E-state index in [9.17, 15) is 14.5 Å². The molecule has 3 heterocycles. The van der Waals surface area contributed by atoms with Crippen LogP contribution in [-0.2, 0) is 15.3 Å². The van der Waals surface area contributed by atoms with Gasteiger partial charge in [-0.1, -0.05) is 42.0 Å². The summed E-state index contributed by atoms with van der Waals surface area (Å²) in [5.74, 6) is -0.336.